The molecule has 0 unspecified atom stereocenters. The number of nitrogens with zero attached hydrogens (tertiary/aromatic N) is 3. The highest BCUT2D eigenvalue weighted by atomic mass is 32.2. The van der Waals surface area contributed by atoms with Crippen LogP contribution in [0, 0.1) is 6.92 Å². The topological polar surface area (TPSA) is 102 Å². The fourth-order valence-electron chi connectivity index (χ4n) is 3.30. The van der Waals surface area contributed by atoms with E-state index < -0.39 is 0 Å². The fourth-order valence-corrected chi connectivity index (χ4v) is 4.10. The summed E-state index contributed by atoms with van der Waals surface area (Å²) in [6.07, 6.45) is 1.58. The Balaban J connectivity index is 1.42. The number of thioether (sulfide) groups is 1. The zero-order chi connectivity index (χ0) is 23.2. The third-order valence-electron chi connectivity index (χ3n) is 4.83. The molecule has 0 bridgehead atoms. The summed E-state index contributed by atoms with van der Waals surface area (Å²) in [4.78, 5) is 25.5. The van der Waals surface area contributed by atoms with Gasteiger partial charge in [0.2, 0.25) is 5.91 Å². The summed E-state index contributed by atoms with van der Waals surface area (Å²) in [6, 6.07) is 18.1. The van der Waals surface area contributed by atoms with Crippen molar-refractivity contribution >= 4 is 35.0 Å². The maximum atomic E-state index is 12.8. The summed E-state index contributed by atoms with van der Waals surface area (Å²) in [7, 11) is 0. The van der Waals surface area contributed by atoms with Crippen LogP contribution in [0.4, 0.5) is 11.4 Å². The number of furan rings is 1. The van der Waals surface area contributed by atoms with Crippen LogP contribution < -0.4 is 10.6 Å². The van der Waals surface area contributed by atoms with Crippen molar-refractivity contribution in [2.45, 2.75) is 25.5 Å². The molecule has 0 spiro atoms. The Kier molecular flexibility index (Phi) is 6.89. The molecule has 2 heterocycles. The first-order valence-electron chi connectivity index (χ1n) is 10.4. The van der Waals surface area contributed by atoms with Crippen molar-refractivity contribution in [2.24, 2.45) is 0 Å². The summed E-state index contributed by atoms with van der Waals surface area (Å²) in [5.41, 5.74) is 2.57. The summed E-state index contributed by atoms with van der Waals surface area (Å²) in [6.45, 7) is 4.57. The van der Waals surface area contributed by atoms with Gasteiger partial charge in [0.05, 0.1) is 23.3 Å². The van der Waals surface area contributed by atoms with Gasteiger partial charge in [-0.05, 0) is 55.8 Å². The Bertz CT molecular complexity index is 1270. The highest BCUT2D eigenvalue weighted by Gasteiger charge is 2.18. The lowest BCUT2D eigenvalue weighted by Gasteiger charge is -2.12. The van der Waals surface area contributed by atoms with Gasteiger partial charge in [0.1, 0.15) is 0 Å². The van der Waals surface area contributed by atoms with Crippen LogP contribution in [0.3, 0.4) is 0 Å². The Morgan fingerprint density at radius 2 is 1.88 bits per heavy atom. The fraction of sp³-hybridized carbons (Fsp3) is 0.167. The molecule has 2 aromatic carbocycles. The van der Waals surface area contributed by atoms with Crippen LogP contribution in [0.5, 0.6) is 0 Å². The summed E-state index contributed by atoms with van der Waals surface area (Å²) in [5.74, 6) is 0.807. The van der Waals surface area contributed by atoms with Crippen molar-refractivity contribution in [1.29, 1.82) is 0 Å². The number of aryl methyl sites for hydroxylation is 1. The van der Waals surface area contributed by atoms with Gasteiger partial charge in [-0.3, -0.25) is 14.2 Å². The number of hydrogen-bond acceptors (Lipinski definition) is 6. The number of benzene rings is 2. The molecular weight excluding hydrogens is 438 g/mol. The van der Waals surface area contributed by atoms with Gasteiger partial charge < -0.3 is 15.1 Å². The highest BCUT2D eigenvalue weighted by molar-refractivity contribution is 7.99. The Morgan fingerprint density at radius 1 is 1.03 bits per heavy atom. The van der Waals surface area contributed by atoms with E-state index in [1.54, 1.807) is 36.6 Å². The van der Waals surface area contributed by atoms with Crippen molar-refractivity contribution in [3.05, 3.63) is 78.1 Å². The van der Waals surface area contributed by atoms with E-state index >= 15 is 0 Å². The first-order chi connectivity index (χ1) is 16.0. The summed E-state index contributed by atoms with van der Waals surface area (Å²) in [5, 5.41) is 14.7. The minimum absolute atomic E-state index is 0.115. The maximum Gasteiger partial charge on any atom is 0.257 e. The van der Waals surface area contributed by atoms with Crippen LogP contribution in [0.1, 0.15) is 22.8 Å². The third kappa shape index (κ3) is 5.32. The maximum absolute atomic E-state index is 12.8. The number of anilines is 2. The van der Waals surface area contributed by atoms with E-state index in [9.17, 15) is 9.59 Å². The Morgan fingerprint density at radius 3 is 2.64 bits per heavy atom. The molecule has 4 rings (SSSR count). The van der Waals surface area contributed by atoms with Crippen molar-refractivity contribution in [3.8, 4) is 11.6 Å². The van der Waals surface area contributed by atoms with E-state index in [4.69, 9.17) is 4.42 Å². The molecule has 2 aromatic heterocycles. The van der Waals surface area contributed by atoms with Gasteiger partial charge >= 0.3 is 0 Å². The van der Waals surface area contributed by atoms with Crippen molar-refractivity contribution in [2.75, 3.05) is 16.4 Å². The second-order valence-corrected chi connectivity index (χ2v) is 8.18. The van der Waals surface area contributed by atoms with E-state index in [-0.39, 0.29) is 17.6 Å². The lowest BCUT2D eigenvalue weighted by atomic mass is 10.1. The van der Waals surface area contributed by atoms with Gasteiger partial charge in [0.25, 0.3) is 5.91 Å². The van der Waals surface area contributed by atoms with Gasteiger partial charge in [-0.2, -0.15) is 0 Å². The number of amides is 2. The van der Waals surface area contributed by atoms with E-state index in [2.05, 4.69) is 20.8 Å². The predicted octanol–water partition coefficient (Wildman–Crippen LogP) is 4.85. The molecule has 0 saturated heterocycles. The molecule has 2 N–H and O–H groups in total. The Hall–Kier alpha value is -3.85. The van der Waals surface area contributed by atoms with E-state index in [1.807, 2.05) is 48.7 Å². The zero-order valence-corrected chi connectivity index (χ0v) is 19.1. The first-order valence-corrected chi connectivity index (χ1v) is 11.4. The van der Waals surface area contributed by atoms with Crippen molar-refractivity contribution in [3.63, 3.8) is 0 Å². The van der Waals surface area contributed by atoms with Crippen LogP contribution >= 0.6 is 11.8 Å². The minimum atomic E-state index is -0.294. The lowest BCUT2D eigenvalue weighted by Crippen LogP contribution is -2.19. The van der Waals surface area contributed by atoms with Gasteiger partial charge in [-0.15, -0.1) is 10.2 Å². The average Bonchev–Trinajstić information content (AvgIpc) is 3.47. The van der Waals surface area contributed by atoms with Gasteiger partial charge in [0.15, 0.2) is 16.7 Å². The van der Waals surface area contributed by atoms with E-state index in [1.165, 1.54) is 11.8 Å². The molecule has 4 aromatic rings. The van der Waals surface area contributed by atoms with E-state index in [0.717, 1.165) is 5.56 Å². The molecule has 0 saturated carbocycles. The highest BCUT2D eigenvalue weighted by Crippen LogP contribution is 2.25. The minimum Gasteiger partial charge on any atom is -0.461 e. The summed E-state index contributed by atoms with van der Waals surface area (Å²) >= 11 is 1.27. The normalized spacial score (nSPS) is 10.7. The molecule has 168 valence electrons. The Labute approximate surface area is 195 Å². The standard InChI is InChI=1S/C24H23N5O3S/c1-3-29-22(20-12-7-13-32-20)27-28-24(29)33-15-21(30)26-19-11-5-4-10-18(19)23(31)25-17-9-6-8-16(2)14-17/h4-14H,3,15H2,1-2H3,(H,25,31)(H,26,30). The zero-order valence-electron chi connectivity index (χ0n) is 18.2. The number of aromatic nitrogens is 3. The quantitative estimate of drug-likeness (QED) is 0.364. The monoisotopic (exact) mass is 461 g/mol. The number of rotatable bonds is 8. The number of nitrogens with one attached hydrogen (secondary N) is 2. The smallest absolute Gasteiger partial charge is 0.257 e. The largest absolute Gasteiger partial charge is 0.461 e. The second-order valence-electron chi connectivity index (χ2n) is 7.23. The molecule has 0 aliphatic heterocycles. The molecular formula is C24H23N5O3S. The van der Waals surface area contributed by atoms with Gasteiger partial charge in [-0.25, -0.2) is 0 Å². The second kappa shape index (κ2) is 10.2. The molecule has 0 radical (unpaired) electrons. The predicted molar refractivity (Wildman–Crippen MR) is 128 cm³/mol. The van der Waals surface area contributed by atoms with Gasteiger partial charge in [-0.1, -0.05) is 36.0 Å². The van der Waals surface area contributed by atoms with Crippen LogP contribution in [0.25, 0.3) is 11.6 Å². The van der Waals surface area contributed by atoms with Crippen LogP contribution in [-0.2, 0) is 11.3 Å². The van der Waals surface area contributed by atoms with Crippen LogP contribution in [-0.4, -0.2) is 32.3 Å². The molecule has 2 amide bonds. The van der Waals surface area contributed by atoms with Gasteiger partial charge in [0, 0.05) is 12.2 Å². The summed E-state index contributed by atoms with van der Waals surface area (Å²) < 4.78 is 7.30. The first kappa shape index (κ1) is 22.3. The molecule has 0 aliphatic rings. The van der Waals surface area contributed by atoms with Crippen LogP contribution in [0.15, 0.2) is 76.5 Å². The average molecular weight is 462 g/mol. The molecule has 0 atom stereocenters. The molecule has 33 heavy (non-hydrogen) atoms. The van der Waals surface area contributed by atoms with Crippen molar-refractivity contribution in [1.82, 2.24) is 14.8 Å². The van der Waals surface area contributed by atoms with Crippen LogP contribution in [0.2, 0.25) is 0 Å². The number of carbonyl (C=O) groups is 2. The van der Waals surface area contributed by atoms with Crippen molar-refractivity contribution < 1.29 is 14.0 Å². The number of carbonyl (C=O) groups excluding carboxylic acids is 2. The number of hydrogen-bond donors (Lipinski definition) is 2. The lowest BCUT2D eigenvalue weighted by molar-refractivity contribution is -0.113. The SMILES string of the molecule is CCn1c(SCC(=O)Nc2ccccc2C(=O)Nc2cccc(C)c2)nnc1-c1ccco1. The molecule has 8 nitrogen and oxygen atoms in total. The molecule has 9 heteroatoms. The third-order valence-corrected chi connectivity index (χ3v) is 5.80. The molecule has 0 fully saturated rings. The molecule has 0 aliphatic carbocycles. The number of para-hydroxylation sites is 1. The van der Waals surface area contributed by atoms with E-state index in [0.29, 0.717) is 40.2 Å².